The average Bonchev–Trinajstić information content (AvgIpc) is 2.43. The van der Waals surface area contributed by atoms with Crippen LogP contribution in [-0.2, 0) is 0 Å². The van der Waals surface area contributed by atoms with Crippen LogP contribution in [-0.4, -0.2) is 39.5 Å². The minimum absolute atomic E-state index is 0.128. The summed E-state index contributed by atoms with van der Waals surface area (Å²) < 4.78 is 38.7. The Hall–Kier alpha value is -1.95. The van der Waals surface area contributed by atoms with Crippen LogP contribution in [0.3, 0.4) is 0 Å². The molecule has 0 aromatic heterocycles. The minimum Gasteiger partial charge on any atom is -0.379 e. The van der Waals surface area contributed by atoms with Crippen molar-refractivity contribution in [3.8, 4) is 0 Å². The Bertz CT molecular complexity index is 667. The van der Waals surface area contributed by atoms with Gasteiger partial charge in [0.05, 0.1) is 0 Å². The van der Waals surface area contributed by atoms with E-state index in [0.29, 0.717) is 10.8 Å². The molecule has 2 rings (SSSR count). The summed E-state index contributed by atoms with van der Waals surface area (Å²) in [6, 6.07) is 8.11. The van der Waals surface area contributed by atoms with E-state index in [1.807, 2.05) is 44.1 Å². The van der Waals surface area contributed by atoms with Gasteiger partial charge in [0.25, 0.3) is 0 Å². The van der Waals surface area contributed by atoms with E-state index in [1.165, 1.54) is 6.07 Å². The zero-order valence-corrected chi connectivity index (χ0v) is 12.9. The lowest BCUT2D eigenvalue weighted by Crippen LogP contribution is -2.21. The molecule has 6 heteroatoms. The van der Waals surface area contributed by atoms with Gasteiger partial charge >= 0.3 is 6.18 Å². The molecule has 0 aliphatic heterocycles. The van der Waals surface area contributed by atoms with Gasteiger partial charge in [0.1, 0.15) is 0 Å². The predicted molar refractivity (Wildman–Crippen MR) is 83.6 cm³/mol. The maximum atomic E-state index is 12.9. The second-order valence-electron chi connectivity index (χ2n) is 5.61. The maximum absolute atomic E-state index is 12.9. The highest BCUT2D eigenvalue weighted by Crippen LogP contribution is 2.41. The summed E-state index contributed by atoms with van der Waals surface area (Å²) in [5, 5.41) is 10.8. The Morgan fingerprint density at radius 3 is 1.95 bits per heavy atom. The molecule has 0 saturated carbocycles. The van der Waals surface area contributed by atoms with Crippen molar-refractivity contribution in [2.24, 2.45) is 0 Å². The normalized spacial score (nSPS) is 13.3. The molecule has 0 radical (unpaired) electrons. The average molecular weight is 312 g/mol. The van der Waals surface area contributed by atoms with Crippen LogP contribution in [0.5, 0.6) is 0 Å². The Kier molecular flexibility index (Phi) is 4.24. The highest BCUT2D eigenvalue weighted by molar-refractivity contribution is 6.05. The van der Waals surface area contributed by atoms with Crippen molar-refractivity contribution in [3.05, 3.63) is 35.9 Å². The molecule has 1 atom stereocenters. The summed E-state index contributed by atoms with van der Waals surface area (Å²) >= 11 is 0. The zero-order valence-electron chi connectivity index (χ0n) is 12.9. The van der Waals surface area contributed by atoms with E-state index in [0.717, 1.165) is 11.4 Å². The van der Waals surface area contributed by atoms with E-state index in [1.54, 1.807) is 18.2 Å². The number of rotatable bonds is 3. The molecule has 0 spiro atoms. The Labute approximate surface area is 127 Å². The number of fused-ring (bicyclic) bond motifs is 1. The molecule has 0 saturated heterocycles. The van der Waals surface area contributed by atoms with Gasteiger partial charge in [-0.05, 0) is 23.1 Å². The van der Waals surface area contributed by atoms with Crippen LogP contribution in [0.2, 0.25) is 0 Å². The van der Waals surface area contributed by atoms with E-state index < -0.39 is 12.3 Å². The molecule has 2 aromatic carbocycles. The molecule has 3 nitrogen and oxygen atoms in total. The topological polar surface area (TPSA) is 26.7 Å². The first-order chi connectivity index (χ1) is 10.1. The molecule has 0 aliphatic carbocycles. The highest BCUT2D eigenvalue weighted by Gasteiger charge is 2.40. The molecule has 22 heavy (non-hydrogen) atoms. The van der Waals surface area contributed by atoms with Crippen LogP contribution in [0.15, 0.2) is 30.3 Å². The SMILES string of the molecule is CN(C)c1cccc2c([C@H](O)C(F)(F)F)ccc(N(C)C)c12. The van der Waals surface area contributed by atoms with Crippen molar-refractivity contribution in [3.63, 3.8) is 0 Å². The van der Waals surface area contributed by atoms with Crippen LogP contribution in [0.25, 0.3) is 10.8 Å². The molecule has 2 aromatic rings. The summed E-state index contributed by atoms with van der Waals surface area (Å²) in [5.74, 6) is 0. The number of hydrogen-bond donors (Lipinski definition) is 1. The van der Waals surface area contributed by atoms with Gasteiger partial charge < -0.3 is 14.9 Å². The van der Waals surface area contributed by atoms with Crippen LogP contribution in [0.1, 0.15) is 11.7 Å². The fourth-order valence-corrected chi connectivity index (χ4v) is 2.55. The van der Waals surface area contributed by atoms with Crippen molar-refractivity contribution in [1.82, 2.24) is 0 Å². The van der Waals surface area contributed by atoms with E-state index >= 15 is 0 Å². The first-order valence-electron chi connectivity index (χ1n) is 6.79. The van der Waals surface area contributed by atoms with E-state index in [9.17, 15) is 18.3 Å². The van der Waals surface area contributed by atoms with Crippen LogP contribution < -0.4 is 9.80 Å². The predicted octanol–water partition coefficient (Wildman–Crippen LogP) is 3.57. The van der Waals surface area contributed by atoms with Crippen molar-refractivity contribution in [2.45, 2.75) is 12.3 Å². The summed E-state index contributed by atoms with van der Waals surface area (Å²) in [6.07, 6.45) is -7.19. The Balaban J connectivity index is 2.84. The molecular weight excluding hydrogens is 293 g/mol. The standard InChI is InChI=1S/C16H19F3N2O/c1-20(2)12-7-5-6-10-11(15(22)16(17,18)19)8-9-13(14(10)12)21(3)4/h5-9,15,22H,1-4H3/t15-/m0/s1. The van der Waals surface area contributed by atoms with Crippen molar-refractivity contribution < 1.29 is 18.3 Å². The summed E-state index contributed by atoms with van der Waals surface area (Å²) in [5.41, 5.74) is 1.48. The molecule has 120 valence electrons. The largest absolute Gasteiger partial charge is 0.418 e. The molecule has 0 amide bonds. The minimum atomic E-state index is -4.69. The first-order valence-corrected chi connectivity index (χ1v) is 6.79. The van der Waals surface area contributed by atoms with Gasteiger partial charge in [-0.25, -0.2) is 0 Å². The molecular formula is C16H19F3N2O. The van der Waals surface area contributed by atoms with Gasteiger partial charge in [-0.3, -0.25) is 0 Å². The van der Waals surface area contributed by atoms with Gasteiger partial charge in [0.15, 0.2) is 6.10 Å². The quantitative estimate of drug-likeness (QED) is 0.938. The lowest BCUT2D eigenvalue weighted by Gasteiger charge is -2.24. The van der Waals surface area contributed by atoms with Crippen LogP contribution in [0, 0.1) is 0 Å². The number of halogens is 3. The third-order valence-electron chi connectivity index (χ3n) is 3.60. The first kappa shape index (κ1) is 16.4. The third kappa shape index (κ3) is 2.83. The highest BCUT2D eigenvalue weighted by atomic mass is 19.4. The number of aliphatic hydroxyl groups excluding tert-OH is 1. The summed E-state index contributed by atoms with van der Waals surface area (Å²) in [4.78, 5) is 3.69. The van der Waals surface area contributed by atoms with Gasteiger partial charge in [-0.1, -0.05) is 18.2 Å². The smallest absolute Gasteiger partial charge is 0.379 e. The molecule has 0 fully saturated rings. The molecule has 0 unspecified atom stereocenters. The molecule has 0 heterocycles. The van der Waals surface area contributed by atoms with E-state index in [2.05, 4.69) is 0 Å². The lowest BCUT2D eigenvalue weighted by atomic mass is 9.96. The number of alkyl halides is 3. The maximum Gasteiger partial charge on any atom is 0.418 e. The number of anilines is 2. The van der Waals surface area contributed by atoms with Crippen molar-refractivity contribution >= 4 is 22.1 Å². The second-order valence-corrected chi connectivity index (χ2v) is 5.61. The van der Waals surface area contributed by atoms with E-state index in [4.69, 9.17) is 0 Å². The van der Waals surface area contributed by atoms with Crippen molar-refractivity contribution in [1.29, 1.82) is 0 Å². The van der Waals surface area contributed by atoms with Crippen LogP contribution >= 0.6 is 0 Å². The van der Waals surface area contributed by atoms with Gasteiger partial charge in [0, 0.05) is 45.0 Å². The lowest BCUT2D eigenvalue weighted by molar-refractivity contribution is -0.206. The summed E-state index contributed by atoms with van der Waals surface area (Å²) in [6.45, 7) is 0. The van der Waals surface area contributed by atoms with Gasteiger partial charge in [-0.2, -0.15) is 13.2 Å². The fourth-order valence-electron chi connectivity index (χ4n) is 2.55. The van der Waals surface area contributed by atoms with Crippen LogP contribution in [0.4, 0.5) is 24.5 Å². The Morgan fingerprint density at radius 2 is 1.45 bits per heavy atom. The molecule has 0 bridgehead atoms. The molecule has 0 aliphatic rings. The fraction of sp³-hybridized carbons (Fsp3) is 0.375. The number of hydrogen-bond acceptors (Lipinski definition) is 3. The number of nitrogens with zero attached hydrogens (tertiary/aromatic N) is 2. The second kappa shape index (κ2) is 5.68. The number of benzene rings is 2. The monoisotopic (exact) mass is 312 g/mol. The van der Waals surface area contributed by atoms with E-state index in [-0.39, 0.29) is 5.56 Å². The van der Waals surface area contributed by atoms with Gasteiger partial charge in [-0.15, -0.1) is 0 Å². The zero-order chi connectivity index (χ0) is 16.7. The number of aliphatic hydroxyl groups is 1. The van der Waals surface area contributed by atoms with Crippen molar-refractivity contribution in [2.75, 3.05) is 38.0 Å². The molecule has 1 N–H and O–H groups in total. The summed E-state index contributed by atoms with van der Waals surface area (Å²) in [7, 11) is 7.34. The Morgan fingerprint density at radius 1 is 0.909 bits per heavy atom. The third-order valence-corrected chi connectivity index (χ3v) is 3.60. The van der Waals surface area contributed by atoms with Gasteiger partial charge in [0.2, 0.25) is 0 Å².